The zero-order valence-electron chi connectivity index (χ0n) is 12.6. The molecule has 0 unspecified atom stereocenters. The fourth-order valence-electron chi connectivity index (χ4n) is 2.02. The van der Waals surface area contributed by atoms with Crippen LogP contribution in [0.25, 0.3) is 0 Å². The van der Waals surface area contributed by atoms with E-state index in [4.69, 9.17) is 15.6 Å². The lowest BCUT2D eigenvalue weighted by molar-refractivity contribution is -0.124. The molecule has 0 aromatic rings. The van der Waals surface area contributed by atoms with Gasteiger partial charge in [0.1, 0.15) is 5.60 Å². The van der Waals surface area contributed by atoms with Crippen molar-refractivity contribution in [3.05, 3.63) is 0 Å². The third-order valence-corrected chi connectivity index (χ3v) is 2.85. The first-order valence-electron chi connectivity index (χ1n) is 6.55. The maximum Gasteiger partial charge on any atom is 0.410 e. The summed E-state index contributed by atoms with van der Waals surface area (Å²) in [4.78, 5) is 24.6. The summed E-state index contributed by atoms with van der Waals surface area (Å²) in [6.45, 7) is 5.94. The van der Waals surface area contributed by atoms with Crippen molar-refractivity contribution in [3.63, 3.8) is 0 Å². The SMILES string of the molecule is CC(C)(C)OC(=O)N1C[C@H](CO)C[C@H](C(N)=O)C1.CO. The first-order valence-corrected chi connectivity index (χ1v) is 6.55. The molecule has 0 saturated carbocycles. The van der Waals surface area contributed by atoms with Gasteiger partial charge in [0, 0.05) is 32.7 Å². The Morgan fingerprint density at radius 1 is 1.30 bits per heavy atom. The van der Waals surface area contributed by atoms with Crippen LogP contribution in [0.2, 0.25) is 0 Å². The lowest BCUT2D eigenvalue weighted by Gasteiger charge is -2.36. The van der Waals surface area contributed by atoms with Crippen molar-refractivity contribution in [2.24, 2.45) is 17.6 Å². The normalized spacial score (nSPS) is 22.6. The largest absolute Gasteiger partial charge is 0.444 e. The van der Waals surface area contributed by atoms with Crippen molar-refractivity contribution in [2.75, 3.05) is 26.8 Å². The fourth-order valence-corrected chi connectivity index (χ4v) is 2.02. The lowest BCUT2D eigenvalue weighted by Crippen LogP contribution is -2.49. The van der Waals surface area contributed by atoms with Crippen molar-refractivity contribution in [1.82, 2.24) is 4.90 Å². The Morgan fingerprint density at radius 3 is 2.25 bits per heavy atom. The Morgan fingerprint density at radius 2 is 1.85 bits per heavy atom. The number of likely N-dealkylation sites (tertiary alicyclic amines) is 1. The Hall–Kier alpha value is -1.34. The van der Waals surface area contributed by atoms with Crippen LogP contribution in [0.4, 0.5) is 4.79 Å². The first-order chi connectivity index (χ1) is 9.23. The summed E-state index contributed by atoms with van der Waals surface area (Å²) in [6, 6.07) is 0. The number of nitrogens with zero attached hydrogens (tertiary/aromatic N) is 1. The lowest BCUT2D eigenvalue weighted by atomic mass is 9.89. The number of hydrogen-bond acceptors (Lipinski definition) is 5. The summed E-state index contributed by atoms with van der Waals surface area (Å²) in [5, 5.41) is 16.2. The third-order valence-electron chi connectivity index (χ3n) is 2.85. The molecule has 118 valence electrons. The molecule has 7 nitrogen and oxygen atoms in total. The number of amides is 2. The van der Waals surface area contributed by atoms with Gasteiger partial charge in [-0.3, -0.25) is 4.79 Å². The van der Waals surface area contributed by atoms with Crippen molar-refractivity contribution < 1.29 is 24.5 Å². The zero-order valence-corrected chi connectivity index (χ0v) is 12.6. The summed E-state index contributed by atoms with van der Waals surface area (Å²) in [5.74, 6) is -0.978. The van der Waals surface area contributed by atoms with Gasteiger partial charge in [0.15, 0.2) is 0 Å². The number of rotatable bonds is 2. The minimum atomic E-state index is -0.578. The van der Waals surface area contributed by atoms with E-state index in [0.717, 1.165) is 7.11 Å². The number of ether oxygens (including phenoxy) is 1. The number of aliphatic hydroxyl groups excluding tert-OH is 2. The molecule has 0 spiro atoms. The molecule has 0 aliphatic carbocycles. The molecule has 7 heteroatoms. The van der Waals surface area contributed by atoms with E-state index in [1.807, 2.05) is 0 Å². The van der Waals surface area contributed by atoms with Crippen LogP contribution in [0.5, 0.6) is 0 Å². The molecule has 0 aromatic heterocycles. The highest BCUT2D eigenvalue weighted by atomic mass is 16.6. The monoisotopic (exact) mass is 290 g/mol. The van der Waals surface area contributed by atoms with Gasteiger partial charge in [0.2, 0.25) is 5.91 Å². The van der Waals surface area contributed by atoms with Crippen LogP contribution in [0.15, 0.2) is 0 Å². The second-order valence-electron chi connectivity index (χ2n) is 5.77. The predicted octanol–water partition coefficient (Wildman–Crippen LogP) is -0.0543. The Balaban J connectivity index is 0.00000172. The van der Waals surface area contributed by atoms with E-state index >= 15 is 0 Å². The molecule has 1 aliphatic heterocycles. The van der Waals surface area contributed by atoms with Crippen molar-refractivity contribution >= 4 is 12.0 Å². The third kappa shape index (κ3) is 6.21. The second kappa shape index (κ2) is 8.06. The Labute approximate surface area is 119 Å². The van der Waals surface area contributed by atoms with E-state index in [2.05, 4.69) is 0 Å². The smallest absolute Gasteiger partial charge is 0.410 e. The van der Waals surface area contributed by atoms with Crippen LogP contribution in [-0.2, 0) is 9.53 Å². The number of aliphatic hydroxyl groups is 2. The highest BCUT2D eigenvalue weighted by molar-refractivity contribution is 5.78. The molecule has 1 aliphatic rings. The van der Waals surface area contributed by atoms with E-state index in [-0.39, 0.29) is 19.1 Å². The highest BCUT2D eigenvalue weighted by Gasteiger charge is 2.34. The minimum Gasteiger partial charge on any atom is -0.444 e. The molecule has 20 heavy (non-hydrogen) atoms. The fraction of sp³-hybridized carbons (Fsp3) is 0.846. The van der Waals surface area contributed by atoms with Crippen LogP contribution < -0.4 is 5.73 Å². The molecule has 0 aromatic carbocycles. The van der Waals surface area contributed by atoms with E-state index in [1.165, 1.54) is 4.90 Å². The second-order valence-corrected chi connectivity index (χ2v) is 5.77. The molecule has 0 bridgehead atoms. The van der Waals surface area contributed by atoms with E-state index < -0.39 is 23.5 Å². The van der Waals surface area contributed by atoms with Crippen molar-refractivity contribution in [3.8, 4) is 0 Å². The average molecular weight is 290 g/mol. The molecule has 0 radical (unpaired) electrons. The maximum absolute atomic E-state index is 11.9. The van der Waals surface area contributed by atoms with Crippen molar-refractivity contribution in [2.45, 2.75) is 32.8 Å². The van der Waals surface area contributed by atoms with E-state index in [0.29, 0.717) is 13.0 Å². The summed E-state index contributed by atoms with van der Waals surface area (Å²) in [7, 11) is 1.00. The van der Waals surface area contributed by atoms with Gasteiger partial charge >= 0.3 is 6.09 Å². The maximum atomic E-state index is 11.9. The first kappa shape index (κ1) is 18.7. The molecule has 1 saturated heterocycles. The number of hydrogen-bond donors (Lipinski definition) is 3. The minimum absolute atomic E-state index is 0.0664. The Bertz CT molecular complexity index is 327. The number of nitrogens with two attached hydrogens (primary N) is 1. The zero-order chi connectivity index (χ0) is 15.9. The molecular weight excluding hydrogens is 264 g/mol. The molecule has 4 N–H and O–H groups in total. The van der Waals surface area contributed by atoms with E-state index in [1.54, 1.807) is 20.8 Å². The Kier molecular flexibility index (Phi) is 7.52. The molecule has 1 heterocycles. The summed E-state index contributed by atoms with van der Waals surface area (Å²) in [5.41, 5.74) is 4.70. The van der Waals surface area contributed by atoms with Gasteiger partial charge in [-0.2, -0.15) is 0 Å². The quantitative estimate of drug-likeness (QED) is 0.659. The van der Waals surface area contributed by atoms with Crippen LogP contribution >= 0.6 is 0 Å². The van der Waals surface area contributed by atoms with Crippen LogP contribution in [0.1, 0.15) is 27.2 Å². The van der Waals surface area contributed by atoms with Gasteiger partial charge in [-0.25, -0.2) is 4.79 Å². The molecule has 1 rings (SSSR count). The predicted molar refractivity (Wildman–Crippen MR) is 73.8 cm³/mol. The van der Waals surface area contributed by atoms with Gasteiger partial charge < -0.3 is 25.6 Å². The van der Waals surface area contributed by atoms with Crippen LogP contribution in [0.3, 0.4) is 0 Å². The molecular formula is C13H26N2O5. The van der Waals surface area contributed by atoms with Crippen LogP contribution in [0, 0.1) is 11.8 Å². The van der Waals surface area contributed by atoms with Gasteiger partial charge in [-0.1, -0.05) is 0 Å². The van der Waals surface area contributed by atoms with Gasteiger partial charge in [0.05, 0.1) is 5.92 Å². The topological polar surface area (TPSA) is 113 Å². The highest BCUT2D eigenvalue weighted by Crippen LogP contribution is 2.23. The standard InChI is InChI=1S/C12H22N2O4.CH4O/c1-12(2,3)18-11(17)14-5-8(7-15)4-9(6-14)10(13)16;1-2/h8-9,15H,4-7H2,1-3H3,(H2,13,16);2H,1H3/t8-,9+;/m1./s1. The average Bonchev–Trinajstić information content (AvgIpc) is 2.38. The molecule has 2 atom stereocenters. The molecule has 1 fully saturated rings. The van der Waals surface area contributed by atoms with Gasteiger partial charge in [0.25, 0.3) is 0 Å². The van der Waals surface area contributed by atoms with Gasteiger partial charge in [-0.15, -0.1) is 0 Å². The van der Waals surface area contributed by atoms with Crippen LogP contribution in [-0.4, -0.2) is 59.5 Å². The van der Waals surface area contributed by atoms with E-state index in [9.17, 15) is 14.7 Å². The summed E-state index contributed by atoms with van der Waals surface area (Å²) >= 11 is 0. The number of piperidine rings is 1. The van der Waals surface area contributed by atoms with Crippen molar-refractivity contribution in [1.29, 1.82) is 0 Å². The number of carbonyl (C=O) groups excluding carboxylic acids is 2. The summed E-state index contributed by atoms with van der Waals surface area (Å²) < 4.78 is 5.25. The number of primary amides is 1. The number of carbonyl (C=O) groups is 2. The summed E-state index contributed by atoms with van der Waals surface area (Å²) in [6.07, 6.45) is 0.0531. The van der Waals surface area contributed by atoms with Gasteiger partial charge in [-0.05, 0) is 27.2 Å². The molecule has 2 amide bonds.